The first-order valence-electron chi connectivity index (χ1n) is 6.25. The van der Waals surface area contributed by atoms with E-state index in [-0.39, 0.29) is 11.4 Å². The Morgan fingerprint density at radius 3 is 2.24 bits per heavy atom. The first kappa shape index (κ1) is 11.2. The van der Waals surface area contributed by atoms with Crippen molar-refractivity contribution in [3.63, 3.8) is 0 Å². The zero-order valence-corrected chi connectivity index (χ0v) is 9.92. The van der Waals surface area contributed by atoms with Crippen molar-refractivity contribution in [1.29, 1.82) is 0 Å². The van der Waals surface area contributed by atoms with Gasteiger partial charge < -0.3 is 10.5 Å². The lowest BCUT2D eigenvalue weighted by molar-refractivity contribution is -0.0725. The second-order valence-electron chi connectivity index (χ2n) is 5.63. The van der Waals surface area contributed by atoms with Crippen LogP contribution in [-0.2, 0) is 10.3 Å². The highest BCUT2D eigenvalue weighted by molar-refractivity contribution is 5.29. The lowest BCUT2D eigenvalue weighted by Crippen LogP contribution is -2.57. The number of rotatable bonds is 1. The fourth-order valence-electron chi connectivity index (χ4n) is 3.43. The Morgan fingerprint density at radius 1 is 1.06 bits per heavy atom. The minimum atomic E-state index is -0.245. The topological polar surface area (TPSA) is 35.2 Å². The molecule has 3 heteroatoms. The summed E-state index contributed by atoms with van der Waals surface area (Å²) in [6.45, 7) is 1.72. The predicted molar refractivity (Wildman–Crippen MR) is 64.0 cm³/mol. The van der Waals surface area contributed by atoms with E-state index in [4.69, 9.17) is 10.5 Å². The second kappa shape index (κ2) is 3.79. The standard InChI is InChI=1S/C14H18FNO/c15-12-3-1-11(2-4-12)14(16)9-13(10-14)5-7-17-8-6-13/h1-4H,5-10,16H2. The molecular weight excluding hydrogens is 217 g/mol. The van der Waals surface area contributed by atoms with Crippen molar-refractivity contribution in [3.8, 4) is 0 Å². The van der Waals surface area contributed by atoms with Gasteiger partial charge in [0, 0.05) is 18.8 Å². The number of nitrogens with two attached hydrogens (primary N) is 1. The van der Waals surface area contributed by atoms with Crippen molar-refractivity contribution in [2.45, 2.75) is 31.2 Å². The summed E-state index contributed by atoms with van der Waals surface area (Å²) in [7, 11) is 0. The molecule has 1 saturated heterocycles. The van der Waals surface area contributed by atoms with Crippen molar-refractivity contribution in [2.24, 2.45) is 11.1 Å². The molecule has 17 heavy (non-hydrogen) atoms. The molecule has 1 saturated carbocycles. The molecule has 3 rings (SSSR count). The molecule has 0 atom stereocenters. The van der Waals surface area contributed by atoms with Crippen LogP contribution in [0, 0.1) is 11.2 Å². The van der Waals surface area contributed by atoms with Gasteiger partial charge in [0.15, 0.2) is 0 Å². The van der Waals surface area contributed by atoms with E-state index in [1.807, 2.05) is 12.1 Å². The summed E-state index contributed by atoms with van der Waals surface area (Å²) in [5, 5.41) is 0. The van der Waals surface area contributed by atoms with Crippen LogP contribution in [0.1, 0.15) is 31.2 Å². The van der Waals surface area contributed by atoms with Crippen LogP contribution in [0.2, 0.25) is 0 Å². The minimum absolute atomic E-state index is 0.197. The van der Waals surface area contributed by atoms with Gasteiger partial charge in [-0.1, -0.05) is 12.1 Å². The van der Waals surface area contributed by atoms with Gasteiger partial charge in [-0.2, -0.15) is 0 Å². The van der Waals surface area contributed by atoms with Crippen LogP contribution in [0.25, 0.3) is 0 Å². The number of ether oxygens (including phenoxy) is 1. The summed E-state index contributed by atoms with van der Waals surface area (Å²) in [4.78, 5) is 0. The summed E-state index contributed by atoms with van der Waals surface area (Å²) in [5.74, 6) is -0.197. The molecule has 2 aliphatic rings. The average molecular weight is 235 g/mol. The van der Waals surface area contributed by atoms with E-state index >= 15 is 0 Å². The molecule has 0 aromatic heterocycles. The van der Waals surface area contributed by atoms with Gasteiger partial charge in [0.1, 0.15) is 5.82 Å². The molecule has 0 unspecified atom stereocenters. The third-order valence-electron chi connectivity index (χ3n) is 4.35. The normalized spacial score (nSPS) is 25.5. The Morgan fingerprint density at radius 2 is 1.65 bits per heavy atom. The van der Waals surface area contributed by atoms with Gasteiger partial charge in [0.2, 0.25) is 0 Å². The minimum Gasteiger partial charge on any atom is -0.381 e. The Labute approximate surface area is 101 Å². The number of halogens is 1. The van der Waals surface area contributed by atoms with Crippen molar-refractivity contribution in [1.82, 2.24) is 0 Å². The van der Waals surface area contributed by atoms with Crippen molar-refractivity contribution in [2.75, 3.05) is 13.2 Å². The fourth-order valence-corrected chi connectivity index (χ4v) is 3.43. The van der Waals surface area contributed by atoms with Crippen molar-refractivity contribution < 1.29 is 9.13 Å². The van der Waals surface area contributed by atoms with Gasteiger partial charge in [-0.05, 0) is 48.8 Å². The molecule has 0 amide bonds. The molecule has 1 spiro atoms. The van der Waals surface area contributed by atoms with Crippen LogP contribution in [-0.4, -0.2) is 13.2 Å². The smallest absolute Gasteiger partial charge is 0.123 e. The lowest BCUT2D eigenvalue weighted by Gasteiger charge is -2.56. The molecular formula is C14H18FNO. The van der Waals surface area contributed by atoms with Crippen molar-refractivity contribution in [3.05, 3.63) is 35.6 Å². The zero-order valence-electron chi connectivity index (χ0n) is 9.92. The van der Waals surface area contributed by atoms with E-state index in [9.17, 15) is 4.39 Å². The van der Waals surface area contributed by atoms with Crippen LogP contribution in [0.15, 0.2) is 24.3 Å². The van der Waals surface area contributed by atoms with Gasteiger partial charge in [0.25, 0.3) is 0 Å². The molecule has 2 nitrogen and oxygen atoms in total. The maximum Gasteiger partial charge on any atom is 0.123 e. The van der Waals surface area contributed by atoms with Crippen LogP contribution in [0.4, 0.5) is 4.39 Å². The maximum absolute atomic E-state index is 12.9. The largest absolute Gasteiger partial charge is 0.381 e. The third-order valence-corrected chi connectivity index (χ3v) is 4.35. The monoisotopic (exact) mass is 235 g/mol. The fraction of sp³-hybridized carbons (Fsp3) is 0.571. The maximum atomic E-state index is 12.9. The van der Waals surface area contributed by atoms with E-state index < -0.39 is 0 Å². The summed E-state index contributed by atoms with van der Waals surface area (Å²) >= 11 is 0. The van der Waals surface area contributed by atoms with Gasteiger partial charge >= 0.3 is 0 Å². The van der Waals surface area contributed by atoms with E-state index in [0.29, 0.717) is 5.41 Å². The molecule has 1 aliphatic carbocycles. The average Bonchev–Trinajstić information content (AvgIpc) is 2.29. The van der Waals surface area contributed by atoms with E-state index in [0.717, 1.165) is 44.5 Å². The van der Waals surface area contributed by atoms with E-state index in [1.54, 1.807) is 0 Å². The summed E-state index contributed by atoms with van der Waals surface area (Å²) < 4.78 is 18.3. The highest BCUT2D eigenvalue weighted by Crippen LogP contribution is 2.57. The Bertz CT molecular complexity index is 401. The number of benzene rings is 1. The zero-order chi connectivity index (χ0) is 11.9. The predicted octanol–water partition coefficient (Wildman–Crippen LogP) is 2.57. The van der Waals surface area contributed by atoms with Crippen LogP contribution >= 0.6 is 0 Å². The molecule has 1 aromatic rings. The van der Waals surface area contributed by atoms with Crippen LogP contribution in [0.3, 0.4) is 0 Å². The quantitative estimate of drug-likeness (QED) is 0.812. The molecule has 2 fully saturated rings. The van der Waals surface area contributed by atoms with E-state index in [1.165, 1.54) is 12.1 Å². The Balaban J connectivity index is 1.75. The van der Waals surface area contributed by atoms with Gasteiger partial charge in [0.05, 0.1) is 0 Å². The number of hydrogen-bond acceptors (Lipinski definition) is 2. The van der Waals surface area contributed by atoms with E-state index in [2.05, 4.69) is 0 Å². The SMILES string of the molecule is NC1(c2ccc(F)cc2)CC2(CCOCC2)C1. The Kier molecular flexibility index (Phi) is 2.49. The van der Waals surface area contributed by atoms with Gasteiger partial charge in [-0.15, -0.1) is 0 Å². The third kappa shape index (κ3) is 1.87. The lowest BCUT2D eigenvalue weighted by atomic mass is 9.52. The number of hydrogen-bond donors (Lipinski definition) is 1. The Hall–Kier alpha value is -0.930. The summed E-state index contributed by atoms with van der Waals surface area (Å²) in [6, 6.07) is 6.64. The van der Waals surface area contributed by atoms with Gasteiger partial charge in [-0.3, -0.25) is 0 Å². The first-order valence-corrected chi connectivity index (χ1v) is 6.25. The van der Waals surface area contributed by atoms with Crippen LogP contribution < -0.4 is 5.73 Å². The van der Waals surface area contributed by atoms with Crippen molar-refractivity contribution >= 4 is 0 Å². The summed E-state index contributed by atoms with van der Waals surface area (Å²) in [5.41, 5.74) is 7.63. The molecule has 0 bridgehead atoms. The molecule has 1 heterocycles. The second-order valence-corrected chi connectivity index (χ2v) is 5.63. The molecule has 2 N–H and O–H groups in total. The van der Waals surface area contributed by atoms with Gasteiger partial charge in [-0.25, -0.2) is 4.39 Å². The molecule has 1 aromatic carbocycles. The molecule has 92 valence electrons. The molecule has 0 radical (unpaired) electrons. The highest BCUT2D eigenvalue weighted by Gasteiger charge is 2.53. The summed E-state index contributed by atoms with van der Waals surface area (Å²) in [6.07, 6.45) is 4.25. The van der Waals surface area contributed by atoms with Crippen LogP contribution in [0.5, 0.6) is 0 Å². The first-order chi connectivity index (χ1) is 8.12. The highest BCUT2D eigenvalue weighted by atomic mass is 19.1. The molecule has 1 aliphatic heterocycles.